The topological polar surface area (TPSA) is 130 Å². The SMILES string of the molecule is N#CC(C(=O)NN=Cc1ccc(C=NNC(=O)C(C#N)=C2CCc3ccccc32)cc1)=C1CCc2ccccc21. The standard InChI is InChI=1S/C32H24N6O2/c33-17-29(27-15-13-23-5-1-3-7-25(23)27)31(39)37-35-19-21-9-11-22(12-10-21)20-36-38-32(40)30(18-34)28-16-14-24-6-2-4-8-26(24)28/h1-12,19-20H,13-16H2,(H,37,39)(H,38,40). The zero-order valence-electron chi connectivity index (χ0n) is 21.5. The summed E-state index contributed by atoms with van der Waals surface area (Å²) in [5.74, 6) is -1.09. The Hall–Kier alpha value is -5.60. The van der Waals surface area contributed by atoms with Crippen LogP contribution in [-0.2, 0) is 22.4 Å². The van der Waals surface area contributed by atoms with Crippen LogP contribution < -0.4 is 10.9 Å². The number of hydrogen-bond acceptors (Lipinski definition) is 6. The third-order valence-electron chi connectivity index (χ3n) is 6.95. The van der Waals surface area contributed by atoms with Gasteiger partial charge >= 0.3 is 0 Å². The molecule has 0 radical (unpaired) electrons. The third-order valence-corrected chi connectivity index (χ3v) is 6.95. The van der Waals surface area contributed by atoms with E-state index < -0.39 is 11.8 Å². The van der Waals surface area contributed by atoms with Gasteiger partial charge in [-0.15, -0.1) is 0 Å². The second-order valence-corrected chi connectivity index (χ2v) is 9.31. The summed E-state index contributed by atoms with van der Waals surface area (Å²) in [5, 5.41) is 27.2. The van der Waals surface area contributed by atoms with E-state index in [0.29, 0.717) is 12.8 Å². The van der Waals surface area contributed by atoms with Crippen molar-refractivity contribution in [1.29, 1.82) is 10.5 Å². The van der Waals surface area contributed by atoms with Gasteiger partial charge in [-0.05, 0) is 70.2 Å². The normalized spacial score (nSPS) is 16.1. The molecular formula is C32H24N6O2. The van der Waals surface area contributed by atoms with Crippen LogP contribution in [0.4, 0.5) is 0 Å². The van der Waals surface area contributed by atoms with Gasteiger partial charge in [0.05, 0.1) is 12.4 Å². The number of carbonyl (C=O) groups is 2. The van der Waals surface area contributed by atoms with Gasteiger partial charge in [0.25, 0.3) is 11.8 Å². The van der Waals surface area contributed by atoms with Crippen LogP contribution in [0.15, 0.2) is 94.1 Å². The summed E-state index contributed by atoms with van der Waals surface area (Å²) in [4.78, 5) is 25.2. The van der Waals surface area contributed by atoms with E-state index in [1.807, 2.05) is 60.7 Å². The van der Waals surface area contributed by atoms with E-state index in [0.717, 1.165) is 57.4 Å². The molecule has 3 aromatic carbocycles. The second-order valence-electron chi connectivity index (χ2n) is 9.31. The molecule has 5 rings (SSSR count). The lowest BCUT2D eigenvalue weighted by atomic mass is 10.0. The average molecular weight is 525 g/mol. The molecule has 2 aliphatic rings. The number of allylic oxidation sites excluding steroid dienone is 2. The van der Waals surface area contributed by atoms with Crippen LogP contribution in [0, 0.1) is 22.7 Å². The molecule has 8 nitrogen and oxygen atoms in total. The number of hydrogen-bond donors (Lipinski definition) is 2. The fourth-order valence-corrected chi connectivity index (χ4v) is 4.99. The summed E-state index contributed by atoms with van der Waals surface area (Å²) in [5.41, 5.74) is 12.1. The van der Waals surface area contributed by atoms with Crippen LogP contribution in [0.1, 0.15) is 46.2 Å². The zero-order chi connectivity index (χ0) is 27.9. The zero-order valence-corrected chi connectivity index (χ0v) is 21.5. The number of fused-ring (bicyclic) bond motifs is 2. The van der Waals surface area contributed by atoms with Gasteiger partial charge in [-0.1, -0.05) is 72.8 Å². The maximum atomic E-state index is 12.6. The Bertz CT molecular complexity index is 1570. The molecule has 3 aromatic rings. The van der Waals surface area contributed by atoms with Gasteiger partial charge in [-0.3, -0.25) is 9.59 Å². The quantitative estimate of drug-likeness (QED) is 0.214. The van der Waals surface area contributed by atoms with Crippen molar-refractivity contribution in [3.8, 4) is 12.1 Å². The maximum Gasteiger partial charge on any atom is 0.282 e. The van der Waals surface area contributed by atoms with Crippen LogP contribution in [0.5, 0.6) is 0 Å². The highest BCUT2D eigenvalue weighted by Crippen LogP contribution is 2.35. The van der Waals surface area contributed by atoms with Gasteiger partial charge in [-0.25, -0.2) is 10.9 Å². The molecule has 0 aliphatic heterocycles. The van der Waals surface area contributed by atoms with Gasteiger partial charge in [0.1, 0.15) is 23.3 Å². The second kappa shape index (κ2) is 11.8. The number of nitrogens with one attached hydrogen (secondary N) is 2. The van der Waals surface area contributed by atoms with Crippen molar-refractivity contribution in [2.75, 3.05) is 0 Å². The van der Waals surface area contributed by atoms with Crippen molar-refractivity contribution in [2.24, 2.45) is 10.2 Å². The molecule has 0 aromatic heterocycles. The van der Waals surface area contributed by atoms with E-state index in [9.17, 15) is 20.1 Å². The van der Waals surface area contributed by atoms with Crippen LogP contribution in [0.25, 0.3) is 11.1 Å². The predicted molar refractivity (Wildman–Crippen MR) is 153 cm³/mol. The fraction of sp³-hybridized carbons (Fsp3) is 0.125. The molecule has 2 aliphatic carbocycles. The Morgan fingerprint density at radius 1 is 0.625 bits per heavy atom. The van der Waals surface area contributed by atoms with Crippen LogP contribution in [0.3, 0.4) is 0 Å². The molecular weight excluding hydrogens is 500 g/mol. The maximum absolute atomic E-state index is 12.6. The van der Waals surface area contributed by atoms with Gasteiger partial charge in [0.2, 0.25) is 0 Å². The van der Waals surface area contributed by atoms with E-state index in [1.54, 1.807) is 24.3 Å². The first-order chi connectivity index (χ1) is 19.6. The minimum atomic E-state index is -0.544. The van der Waals surface area contributed by atoms with Crippen molar-refractivity contribution in [1.82, 2.24) is 10.9 Å². The number of benzene rings is 3. The Morgan fingerprint density at radius 2 is 1.02 bits per heavy atom. The minimum absolute atomic E-state index is 0.0723. The van der Waals surface area contributed by atoms with Gasteiger partial charge in [0, 0.05) is 0 Å². The van der Waals surface area contributed by atoms with Crippen LogP contribution in [-0.4, -0.2) is 24.2 Å². The van der Waals surface area contributed by atoms with Crippen LogP contribution in [0.2, 0.25) is 0 Å². The smallest absolute Gasteiger partial charge is 0.267 e. The average Bonchev–Trinajstić information content (AvgIpc) is 3.60. The lowest BCUT2D eigenvalue weighted by Crippen LogP contribution is -2.20. The number of rotatable bonds is 6. The number of carbonyl (C=O) groups excluding carboxylic acids is 2. The number of hydrazone groups is 2. The summed E-state index contributed by atoms with van der Waals surface area (Å²) >= 11 is 0. The lowest BCUT2D eigenvalue weighted by Gasteiger charge is -2.05. The van der Waals surface area contributed by atoms with E-state index in [-0.39, 0.29) is 11.1 Å². The molecule has 0 atom stereocenters. The van der Waals surface area contributed by atoms with Crippen molar-refractivity contribution in [3.05, 3.63) is 117 Å². The monoisotopic (exact) mass is 524 g/mol. The van der Waals surface area contributed by atoms with Gasteiger partial charge in [0.15, 0.2) is 0 Å². The first-order valence-corrected chi connectivity index (χ1v) is 12.8. The number of nitriles is 2. The first kappa shape index (κ1) is 26.0. The van der Waals surface area contributed by atoms with Crippen molar-refractivity contribution < 1.29 is 9.59 Å². The van der Waals surface area contributed by atoms with E-state index >= 15 is 0 Å². The van der Waals surface area contributed by atoms with Gasteiger partial charge in [-0.2, -0.15) is 20.7 Å². The van der Waals surface area contributed by atoms with E-state index in [1.165, 1.54) is 12.4 Å². The molecule has 40 heavy (non-hydrogen) atoms. The Morgan fingerprint density at radius 3 is 1.43 bits per heavy atom. The number of nitrogens with zero attached hydrogens (tertiary/aromatic N) is 4. The highest BCUT2D eigenvalue weighted by Gasteiger charge is 2.24. The molecule has 0 bridgehead atoms. The summed E-state index contributed by atoms with van der Waals surface area (Å²) in [6.45, 7) is 0. The van der Waals surface area contributed by atoms with Crippen molar-refractivity contribution in [2.45, 2.75) is 25.7 Å². The molecule has 194 valence electrons. The first-order valence-electron chi connectivity index (χ1n) is 12.8. The van der Waals surface area contributed by atoms with Crippen LogP contribution >= 0.6 is 0 Å². The Balaban J connectivity index is 1.18. The minimum Gasteiger partial charge on any atom is -0.267 e. The summed E-state index contributed by atoms with van der Waals surface area (Å²) < 4.78 is 0. The van der Waals surface area contributed by atoms with Crippen molar-refractivity contribution in [3.63, 3.8) is 0 Å². The molecule has 2 amide bonds. The van der Waals surface area contributed by atoms with E-state index in [2.05, 4.69) is 21.1 Å². The van der Waals surface area contributed by atoms with E-state index in [4.69, 9.17) is 0 Å². The number of aryl methyl sites for hydroxylation is 2. The molecule has 2 N–H and O–H groups in total. The summed E-state index contributed by atoms with van der Waals surface area (Å²) in [6, 6.07) is 26.7. The van der Waals surface area contributed by atoms with Gasteiger partial charge < -0.3 is 0 Å². The molecule has 0 saturated carbocycles. The van der Waals surface area contributed by atoms with Crippen molar-refractivity contribution >= 4 is 35.4 Å². The molecule has 0 unspecified atom stereocenters. The molecule has 0 saturated heterocycles. The Labute approximate surface area is 231 Å². The highest BCUT2D eigenvalue weighted by atomic mass is 16.2. The lowest BCUT2D eigenvalue weighted by molar-refractivity contribution is -0.117. The third kappa shape index (κ3) is 5.47. The molecule has 0 fully saturated rings. The fourth-order valence-electron chi connectivity index (χ4n) is 4.99. The predicted octanol–water partition coefficient (Wildman–Crippen LogP) is 4.43. The molecule has 8 heteroatoms. The Kier molecular flexibility index (Phi) is 7.71. The molecule has 0 spiro atoms. The number of amides is 2. The summed E-state index contributed by atoms with van der Waals surface area (Å²) in [7, 11) is 0. The molecule has 0 heterocycles. The largest absolute Gasteiger partial charge is 0.282 e. The highest BCUT2D eigenvalue weighted by molar-refractivity contribution is 6.06. The summed E-state index contributed by atoms with van der Waals surface area (Å²) in [6.07, 6.45) is 5.86.